The number of aliphatic hydroxyl groups excluding tert-OH is 1. The number of carbonyl (C=O) groups is 1. The molecule has 0 bridgehead atoms. The van der Waals surface area contributed by atoms with Crippen LogP contribution in [0.3, 0.4) is 0 Å². The molecule has 0 saturated heterocycles. The van der Waals surface area contributed by atoms with Crippen molar-refractivity contribution in [2.24, 2.45) is 5.92 Å². The molecule has 1 fully saturated rings. The van der Waals surface area contributed by atoms with Gasteiger partial charge in [-0.1, -0.05) is 12.5 Å². The molecule has 1 saturated carbocycles. The highest BCUT2D eigenvalue weighted by Crippen LogP contribution is 2.27. The van der Waals surface area contributed by atoms with Crippen LogP contribution in [0, 0.1) is 23.0 Å². The first kappa shape index (κ1) is 15.4. The highest BCUT2D eigenvalue weighted by atomic mass is 16.6. The number of amides is 1. The molecule has 6 nitrogen and oxygen atoms in total. The van der Waals surface area contributed by atoms with Crippen molar-refractivity contribution >= 4 is 11.6 Å². The molecule has 2 atom stereocenters. The summed E-state index contributed by atoms with van der Waals surface area (Å²) in [6, 6.07) is 4.52. The van der Waals surface area contributed by atoms with E-state index in [1.807, 2.05) is 0 Å². The van der Waals surface area contributed by atoms with Gasteiger partial charge in [-0.15, -0.1) is 0 Å². The first-order valence-corrected chi connectivity index (χ1v) is 7.09. The molecule has 0 spiro atoms. The van der Waals surface area contributed by atoms with Crippen LogP contribution in [0.15, 0.2) is 18.2 Å². The molecule has 0 aliphatic heterocycles. The SMILES string of the molecule is Cc1c(C(=O)N(C)CC2CCCC2O)cccc1[N+](=O)[O-]. The van der Waals surface area contributed by atoms with Gasteiger partial charge < -0.3 is 10.0 Å². The summed E-state index contributed by atoms with van der Waals surface area (Å²) in [4.78, 5) is 24.5. The molecule has 1 aliphatic carbocycles. The average Bonchev–Trinajstić information content (AvgIpc) is 2.83. The topological polar surface area (TPSA) is 83.7 Å². The Labute approximate surface area is 123 Å². The molecule has 6 heteroatoms. The fraction of sp³-hybridized carbons (Fsp3) is 0.533. The summed E-state index contributed by atoms with van der Waals surface area (Å²) in [6.45, 7) is 2.06. The molecule has 0 radical (unpaired) electrons. The molecule has 1 aromatic carbocycles. The minimum Gasteiger partial charge on any atom is -0.393 e. The van der Waals surface area contributed by atoms with Crippen molar-refractivity contribution in [1.29, 1.82) is 0 Å². The van der Waals surface area contributed by atoms with Crippen molar-refractivity contribution in [3.63, 3.8) is 0 Å². The van der Waals surface area contributed by atoms with Crippen LogP contribution >= 0.6 is 0 Å². The summed E-state index contributed by atoms with van der Waals surface area (Å²) >= 11 is 0. The van der Waals surface area contributed by atoms with E-state index in [0.29, 0.717) is 17.7 Å². The van der Waals surface area contributed by atoms with Crippen molar-refractivity contribution in [3.8, 4) is 0 Å². The summed E-state index contributed by atoms with van der Waals surface area (Å²) in [6.07, 6.45) is 2.31. The van der Waals surface area contributed by atoms with E-state index in [9.17, 15) is 20.0 Å². The minimum atomic E-state index is -0.479. The van der Waals surface area contributed by atoms with Gasteiger partial charge in [-0.25, -0.2) is 0 Å². The standard InChI is InChI=1S/C15H20N2O4/c1-10-12(6-4-7-13(10)17(20)21)15(19)16(2)9-11-5-3-8-14(11)18/h4,6-7,11,14,18H,3,5,8-9H2,1-2H3. The number of aliphatic hydroxyl groups is 1. The summed E-state index contributed by atoms with van der Waals surface area (Å²) in [5.74, 6) is -0.145. The largest absolute Gasteiger partial charge is 0.393 e. The second-order valence-electron chi connectivity index (χ2n) is 5.65. The van der Waals surface area contributed by atoms with Crippen molar-refractivity contribution < 1.29 is 14.8 Å². The predicted molar refractivity (Wildman–Crippen MR) is 78.1 cm³/mol. The van der Waals surface area contributed by atoms with Gasteiger partial charge in [0.05, 0.1) is 11.0 Å². The zero-order valence-electron chi connectivity index (χ0n) is 12.3. The molecular weight excluding hydrogens is 272 g/mol. The average molecular weight is 292 g/mol. The Hall–Kier alpha value is -1.95. The van der Waals surface area contributed by atoms with Crippen molar-refractivity contribution in [2.45, 2.75) is 32.3 Å². The van der Waals surface area contributed by atoms with Crippen molar-refractivity contribution in [1.82, 2.24) is 4.90 Å². The molecule has 1 N–H and O–H groups in total. The van der Waals surface area contributed by atoms with E-state index in [-0.39, 0.29) is 23.6 Å². The summed E-state index contributed by atoms with van der Waals surface area (Å²) in [5, 5.41) is 20.8. The van der Waals surface area contributed by atoms with Gasteiger partial charge in [0.25, 0.3) is 11.6 Å². The molecule has 1 aromatic rings. The second kappa shape index (κ2) is 6.22. The van der Waals surface area contributed by atoms with Crippen LogP contribution in [-0.2, 0) is 0 Å². The molecule has 21 heavy (non-hydrogen) atoms. The number of nitrogens with zero attached hydrogens (tertiary/aromatic N) is 2. The van der Waals surface area contributed by atoms with Gasteiger partial charge >= 0.3 is 0 Å². The lowest BCUT2D eigenvalue weighted by atomic mass is 10.0. The smallest absolute Gasteiger partial charge is 0.273 e. The maximum Gasteiger partial charge on any atom is 0.273 e. The Morgan fingerprint density at radius 1 is 1.48 bits per heavy atom. The van der Waals surface area contributed by atoms with Gasteiger partial charge in [0.1, 0.15) is 0 Å². The number of nitro groups is 1. The van der Waals surface area contributed by atoms with Gasteiger partial charge in [-0.3, -0.25) is 14.9 Å². The van der Waals surface area contributed by atoms with E-state index in [4.69, 9.17) is 0 Å². The molecule has 2 rings (SSSR count). The Bertz CT molecular complexity index is 559. The van der Waals surface area contributed by atoms with Gasteiger partial charge in [0, 0.05) is 36.7 Å². The molecule has 1 amide bonds. The summed E-state index contributed by atoms with van der Waals surface area (Å²) in [7, 11) is 1.67. The lowest BCUT2D eigenvalue weighted by Gasteiger charge is -2.23. The molecule has 1 aliphatic rings. The Kier molecular flexibility index (Phi) is 4.57. The number of benzene rings is 1. The zero-order valence-corrected chi connectivity index (χ0v) is 12.3. The first-order chi connectivity index (χ1) is 9.91. The van der Waals surface area contributed by atoms with Crippen LogP contribution < -0.4 is 0 Å². The maximum atomic E-state index is 12.5. The van der Waals surface area contributed by atoms with Gasteiger partial charge in [-0.05, 0) is 25.8 Å². The van der Waals surface area contributed by atoms with Crippen LogP contribution in [0.5, 0.6) is 0 Å². The van der Waals surface area contributed by atoms with Gasteiger partial charge in [0.2, 0.25) is 0 Å². The molecule has 2 unspecified atom stereocenters. The minimum absolute atomic E-state index is 0.0462. The highest BCUT2D eigenvalue weighted by molar-refractivity contribution is 5.96. The lowest BCUT2D eigenvalue weighted by molar-refractivity contribution is -0.385. The van der Waals surface area contributed by atoms with Crippen molar-refractivity contribution in [3.05, 3.63) is 39.4 Å². The fourth-order valence-electron chi connectivity index (χ4n) is 2.92. The Morgan fingerprint density at radius 3 is 2.76 bits per heavy atom. The highest BCUT2D eigenvalue weighted by Gasteiger charge is 2.28. The Morgan fingerprint density at radius 2 is 2.19 bits per heavy atom. The van der Waals surface area contributed by atoms with Crippen LogP contribution in [0.4, 0.5) is 5.69 Å². The number of nitro benzene ring substituents is 1. The van der Waals surface area contributed by atoms with E-state index in [0.717, 1.165) is 19.3 Å². The molecular formula is C15H20N2O4. The first-order valence-electron chi connectivity index (χ1n) is 7.09. The van der Waals surface area contributed by atoms with E-state index >= 15 is 0 Å². The van der Waals surface area contributed by atoms with Gasteiger partial charge in [0.15, 0.2) is 0 Å². The zero-order chi connectivity index (χ0) is 15.6. The Balaban J connectivity index is 2.16. The van der Waals surface area contributed by atoms with E-state index in [1.165, 1.54) is 12.1 Å². The predicted octanol–water partition coefficient (Wildman–Crippen LogP) is 2.14. The third kappa shape index (κ3) is 3.21. The summed E-state index contributed by atoms with van der Waals surface area (Å²) in [5.41, 5.74) is 0.681. The lowest BCUT2D eigenvalue weighted by Crippen LogP contribution is -2.34. The normalized spacial score (nSPS) is 21.3. The second-order valence-corrected chi connectivity index (χ2v) is 5.65. The van der Waals surface area contributed by atoms with E-state index < -0.39 is 4.92 Å². The number of rotatable bonds is 4. The quantitative estimate of drug-likeness (QED) is 0.680. The fourth-order valence-corrected chi connectivity index (χ4v) is 2.92. The molecule has 0 aromatic heterocycles. The van der Waals surface area contributed by atoms with Gasteiger partial charge in [-0.2, -0.15) is 0 Å². The van der Waals surface area contributed by atoms with E-state index in [2.05, 4.69) is 0 Å². The van der Waals surface area contributed by atoms with Crippen LogP contribution in [0.25, 0.3) is 0 Å². The van der Waals surface area contributed by atoms with E-state index in [1.54, 1.807) is 24.9 Å². The van der Waals surface area contributed by atoms with Crippen LogP contribution in [0.1, 0.15) is 35.2 Å². The van der Waals surface area contributed by atoms with Crippen molar-refractivity contribution in [2.75, 3.05) is 13.6 Å². The third-order valence-corrected chi connectivity index (χ3v) is 4.21. The molecule has 0 heterocycles. The number of hydrogen-bond acceptors (Lipinski definition) is 4. The van der Waals surface area contributed by atoms with Crippen LogP contribution in [-0.4, -0.2) is 40.5 Å². The maximum absolute atomic E-state index is 12.5. The number of hydrogen-bond donors (Lipinski definition) is 1. The van der Waals surface area contributed by atoms with Crippen LogP contribution in [0.2, 0.25) is 0 Å². The molecule has 114 valence electrons. The third-order valence-electron chi connectivity index (χ3n) is 4.21. The monoisotopic (exact) mass is 292 g/mol. The summed E-state index contributed by atoms with van der Waals surface area (Å²) < 4.78 is 0. The number of carbonyl (C=O) groups excluding carboxylic acids is 1.